The van der Waals surface area contributed by atoms with Crippen molar-refractivity contribution in [3.63, 3.8) is 0 Å². The molecule has 0 fully saturated rings. The van der Waals surface area contributed by atoms with Gasteiger partial charge in [0.05, 0.1) is 11.6 Å². The van der Waals surface area contributed by atoms with Gasteiger partial charge in [-0.2, -0.15) is 5.26 Å². The van der Waals surface area contributed by atoms with Crippen molar-refractivity contribution in [2.24, 2.45) is 0 Å². The van der Waals surface area contributed by atoms with E-state index in [4.69, 9.17) is 5.26 Å². The molecule has 4 heteroatoms. The fraction of sp³-hybridized carbons (Fsp3) is 0.0667. The predicted octanol–water partition coefficient (Wildman–Crippen LogP) is 3.26. The van der Waals surface area contributed by atoms with E-state index >= 15 is 0 Å². The summed E-state index contributed by atoms with van der Waals surface area (Å²) in [5, 5.41) is 11.3. The number of hydrogen-bond donors (Lipinski definition) is 1. The van der Waals surface area contributed by atoms with Gasteiger partial charge in [-0.05, 0) is 55.0 Å². The first kappa shape index (κ1) is 12.8. The van der Waals surface area contributed by atoms with E-state index < -0.39 is 0 Å². The molecular formula is C15H11FN2O. The second kappa shape index (κ2) is 5.32. The summed E-state index contributed by atoms with van der Waals surface area (Å²) in [5.41, 5.74) is 1.95. The fourth-order valence-corrected chi connectivity index (χ4v) is 1.62. The fourth-order valence-electron chi connectivity index (χ4n) is 1.62. The van der Waals surface area contributed by atoms with E-state index in [0.717, 1.165) is 0 Å². The molecular weight excluding hydrogens is 243 g/mol. The van der Waals surface area contributed by atoms with Crippen LogP contribution in [0.4, 0.5) is 10.1 Å². The number of nitrogens with zero attached hydrogens (tertiary/aromatic N) is 1. The van der Waals surface area contributed by atoms with Gasteiger partial charge in [-0.1, -0.05) is 0 Å². The van der Waals surface area contributed by atoms with Crippen molar-refractivity contribution < 1.29 is 9.18 Å². The van der Waals surface area contributed by atoms with Crippen LogP contribution < -0.4 is 5.32 Å². The van der Waals surface area contributed by atoms with E-state index in [0.29, 0.717) is 22.4 Å². The molecule has 1 N–H and O–H groups in total. The lowest BCUT2D eigenvalue weighted by Gasteiger charge is -2.06. The molecule has 0 saturated carbocycles. The molecule has 0 radical (unpaired) electrons. The number of anilines is 1. The predicted molar refractivity (Wildman–Crippen MR) is 70.2 cm³/mol. The van der Waals surface area contributed by atoms with Crippen LogP contribution in [0.5, 0.6) is 0 Å². The molecule has 0 spiro atoms. The second-order valence-corrected chi connectivity index (χ2v) is 4.11. The number of nitriles is 1. The van der Waals surface area contributed by atoms with E-state index in [1.807, 2.05) is 6.07 Å². The van der Waals surface area contributed by atoms with Crippen LogP contribution in [0.1, 0.15) is 21.5 Å². The van der Waals surface area contributed by atoms with Gasteiger partial charge in [0, 0.05) is 11.3 Å². The summed E-state index contributed by atoms with van der Waals surface area (Å²) in [6.07, 6.45) is 0. The van der Waals surface area contributed by atoms with E-state index in [1.54, 1.807) is 37.3 Å². The standard InChI is InChI=1S/C15H11FN2O/c1-10-8-13(6-7-14(10)16)18-15(19)12-4-2-11(9-17)3-5-12/h2-8H,1H3,(H,18,19). The third-order valence-electron chi connectivity index (χ3n) is 2.69. The van der Waals surface area contributed by atoms with Gasteiger partial charge in [0.25, 0.3) is 5.91 Å². The number of carbonyl (C=O) groups is 1. The summed E-state index contributed by atoms with van der Waals surface area (Å²) in [5.74, 6) is -0.605. The summed E-state index contributed by atoms with van der Waals surface area (Å²) >= 11 is 0. The van der Waals surface area contributed by atoms with Gasteiger partial charge < -0.3 is 5.32 Å². The van der Waals surface area contributed by atoms with Gasteiger partial charge in [-0.15, -0.1) is 0 Å². The Morgan fingerprint density at radius 3 is 2.47 bits per heavy atom. The van der Waals surface area contributed by atoms with Crippen LogP contribution in [0, 0.1) is 24.1 Å². The van der Waals surface area contributed by atoms with E-state index in [1.165, 1.54) is 12.1 Å². The number of hydrogen-bond acceptors (Lipinski definition) is 2. The highest BCUT2D eigenvalue weighted by molar-refractivity contribution is 6.04. The quantitative estimate of drug-likeness (QED) is 0.894. The number of rotatable bonds is 2. The summed E-state index contributed by atoms with van der Waals surface area (Å²) < 4.78 is 13.1. The second-order valence-electron chi connectivity index (χ2n) is 4.11. The van der Waals surface area contributed by atoms with Gasteiger partial charge in [0.1, 0.15) is 5.82 Å². The molecule has 0 aromatic heterocycles. The molecule has 0 aliphatic heterocycles. The zero-order chi connectivity index (χ0) is 13.8. The van der Waals surface area contributed by atoms with Gasteiger partial charge in [-0.25, -0.2) is 4.39 Å². The van der Waals surface area contributed by atoms with Gasteiger partial charge >= 0.3 is 0 Å². The summed E-state index contributed by atoms with van der Waals surface area (Å²) in [6, 6.07) is 12.7. The Kier molecular flexibility index (Phi) is 3.58. The van der Waals surface area contributed by atoms with Gasteiger partial charge in [0.15, 0.2) is 0 Å². The molecule has 0 heterocycles. The first-order chi connectivity index (χ1) is 9.10. The lowest BCUT2D eigenvalue weighted by atomic mass is 10.1. The van der Waals surface area contributed by atoms with Crippen molar-refractivity contribution in [3.05, 3.63) is 65.0 Å². The molecule has 0 atom stereocenters. The monoisotopic (exact) mass is 254 g/mol. The van der Waals surface area contributed by atoms with Crippen molar-refractivity contribution in [1.29, 1.82) is 5.26 Å². The summed E-state index contributed by atoms with van der Waals surface area (Å²) in [4.78, 5) is 11.9. The normalized spacial score (nSPS) is 9.74. The largest absolute Gasteiger partial charge is 0.322 e. The van der Waals surface area contributed by atoms with E-state index in [2.05, 4.69) is 5.32 Å². The minimum Gasteiger partial charge on any atom is -0.322 e. The molecule has 0 aliphatic rings. The van der Waals surface area contributed by atoms with Crippen LogP contribution in [0.25, 0.3) is 0 Å². The molecule has 0 saturated heterocycles. The summed E-state index contributed by atoms with van der Waals surface area (Å²) in [6.45, 7) is 1.63. The van der Waals surface area contributed by atoms with Crippen LogP contribution in [0.15, 0.2) is 42.5 Å². The molecule has 1 amide bonds. The molecule has 94 valence electrons. The van der Waals surface area contributed by atoms with Crippen LogP contribution in [0.3, 0.4) is 0 Å². The van der Waals surface area contributed by atoms with Crippen LogP contribution in [-0.4, -0.2) is 5.91 Å². The smallest absolute Gasteiger partial charge is 0.255 e. The van der Waals surface area contributed by atoms with E-state index in [-0.39, 0.29) is 11.7 Å². The first-order valence-electron chi connectivity index (χ1n) is 5.68. The molecule has 3 nitrogen and oxygen atoms in total. The van der Waals surface area contributed by atoms with Crippen molar-refractivity contribution >= 4 is 11.6 Å². The maximum atomic E-state index is 13.1. The maximum absolute atomic E-state index is 13.1. The van der Waals surface area contributed by atoms with Crippen LogP contribution >= 0.6 is 0 Å². The topological polar surface area (TPSA) is 52.9 Å². The SMILES string of the molecule is Cc1cc(NC(=O)c2ccc(C#N)cc2)ccc1F. The van der Waals surface area contributed by atoms with Crippen molar-refractivity contribution in [2.45, 2.75) is 6.92 Å². The van der Waals surface area contributed by atoms with E-state index in [9.17, 15) is 9.18 Å². The Balaban J connectivity index is 2.16. The average Bonchev–Trinajstić information content (AvgIpc) is 2.43. The first-order valence-corrected chi connectivity index (χ1v) is 5.68. The van der Waals surface area contributed by atoms with Crippen molar-refractivity contribution in [3.8, 4) is 6.07 Å². The highest BCUT2D eigenvalue weighted by atomic mass is 19.1. The van der Waals surface area contributed by atoms with Crippen molar-refractivity contribution in [1.82, 2.24) is 0 Å². The highest BCUT2D eigenvalue weighted by Crippen LogP contribution is 2.15. The lowest BCUT2D eigenvalue weighted by molar-refractivity contribution is 0.102. The van der Waals surface area contributed by atoms with Gasteiger partial charge in [0.2, 0.25) is 0 Å². The summed E-state index contributed by atoms with van der Waals surface area (Å²) in [7, 11) is 0. The lowest BCUT2D eigenvalue weighted by Crippen LogP contribution is -2.11. The minimum absolute atomic E-state index is 0.296. The Morgan fingerprint density at radius 1 is 1.21 bits per heavy atom. The number of halogens is 1. The minimum atomic E-state index is -0.309. The number of amides is 1. The highest BCUT2D eigenvalue weighted by Gasteiger charge is 2.07. The zero-order valence-corrected chi connectivity index (χ0v) is 10.3. The maximum Gasteiger partial charge on any atom is 0.255 e. The molecule has 2 rings (SSSR count). The molecule has 2 aromatic rings. The molecule has 0 bridgehead atoms. The third kappa shape index (κ3) is 2.96. The molecule has 2 aromatic carbocycles. The number of nitrogens with one attached hydrogen (secondary N) is 1. The Labute approximate surface area is 110 Å². The number of benzene rings is 2. The Hall–Kier alpha value is -2.67. The number of aryl methyl sites for hydroxylation is 1. The Morgan fingerprint density at radius 2 is 1.89 bits per heavy atom. The van der Waals surface area contributed by atoms with Crippen LogP contribution in [0.2, 0.25) is 0 Å². The zero-order valence-electron chi connectivity index (χ0n) is 10.3. The van der Waals surface area contributed by atoms with Gasteiger partial charge in [-0.3, -0.25) is 4.79 Å². The Bertz CT molecular complexity index is 657. The van der Waals surface area contributed by atoms with Crippen molar-refractivity contribution in [2.75, 3.05) is 5.32 Å². The molecule has 0 aliphatic carbocycles. The molecule has 0 unspecified atom stereocenters. The average molecular weight is 254 g/mol. The third-order valence-corrected chi connectivity index (χ3v) is 2.69. The molecule has 19 heavy (non-hydrogen) atoms. The number of carbonyl (C=O) groups excluding carboxylic acids is 1. The van der Waals surface area contributed by atoms with Crippen LogP contribution in [-0.2, 0) is 0 Å².